The average Bonchev–Trinajstić information content (AvgIpc) is 3.01. The minimum absolute atomic E-state index is 0.0357. The molecule has 0 aliphatic rings. The van der Waals surface area contributed by atoms with Crippen LogP contribution >= 0.6 is 0 Å². The van der Waals surface area contributed by atoms with Gasteiger partial charge >= 0.3 is 5.97 Å². The standard InChI is InChI=1S/C16H22N4O4S/c1-19(11-14-6-3-2-4-7-14)9-5-8-18-25(23,24)15-10-17-20(12-15)13-16(21)22/h2-4,6-7,10,12,18H,5,8-9,11,13H2,1H3,(H,21,22). The van der Waals surface area contributed by atoms with E-state index < -0.39 is 16.0 Å². The van der Waals surface area contributed by atoms with Gasteiger partial charge in [-0.15, -0.1) is 0 Å². The molecule has 0 fully saturated rings. The zero-order valence-corrected chi connectivity index (χ0v) is 14.8. The van der Waals surface area contributed by atoms with Gasteiger partial charge < -0.3 is 10.0 Å². The predicted octanol–water partition coefficient (Wildman–Crippen LogP) is 0.768. The van der Waals surface area contributed by atoms with Crippen molar-refractivity contribution in [3.63, 3.8) is 0 Å². The van der Waals surface area contributed by atoms with Gasteiger partial charge in [0.1, 0.15) is 11.4 Å². The zero-order chi connectivity index (χ0) is 18.3. The number of carboxylic acid groups (broad SMARTS) is 1. The molecular weight excluding hydrogens is 344 g/mol. The number of nitrogens with zero attached hydrogens (tertiary/aromatic N) is 3. The van der Waals surface area contributed by atoms with Gasteiger partial charge in [0.2, 0.25) is 10.0 Å². The predicted molar refractivity (Wildman–Crippen MR) is 92.4 cm³/mol. The summed E-state index contributed by atoms with van der Waals surface area (Å²) in [5, 5.41) is 12.4. The van der Waals surface area contributed by atoms with Gasteiger partial charge in [-0.05, 0) is 25.6 Å². The van der Waals surface area contributed by atoms with Crippen molar-refractivity contribution >= 4 is 16.0 Å². The Kier molecular flexibility index (Phi) is 6.68. The molecule has 1 heterocycles. The van der Waals surface area contributed by atoms with Crippen LogP contribution in [0, 0.1) is 0 Å². The minimum atomic E-state index is -3.68. The number of hydrogen-bond acceptors (Lipinski definition) is 5. The first kappa shape index (κ1) is 19.1. The fourth-order valence-corrected chi connectivity index (χ4v) is 3.35. The van der Waals surface area contributed by atoms with Crippen molar-refractivity contribution in [3.05, 3.63) is 48.3 Å². The van der Waals surface area contributed by atoms with Crippen LogP contribution in [0.4, 0.5) is 0 Å². The van der Waals surface area contributed by atoms with Gasteiger partial charge in [0, 0.05) is 19.3 Å². The largest absolute Gasteiger partial charge is 0.480 e. The first-order chi connectivity index (χ1) is 11.9. The van der Waals surface area contributed by atoms with Crippen LogP contribution in [0.5, 0.6) is 0 Å². The number of carbonyl (C=O) groups is 1. The molecule has 0 atom stereocenters. The van der Waals surface area contributed by atoms with E-state index in [0.717, 1.165) is 24.0 Å². The Morgan fingerprint density at radius 2 is 2.04 bits per heavy atom. The molecule has 0 saturated carbocycles. The molecule has 0 aliphatic heterocycles. The molecule has 25 heavy (non-hydrogen) atoms. The number of nitrogens with one attached hydrogen (secondary N) is 1. The molecule has 0 spiro atoms. The molecule has 0 bridgehead atoms. The van der Waals surface area contributed by atoms with Gasteiger partial charge in [-0.1, -0.05) is 30.3 Å². The monoisotopic (exact) mass is 366 g/mol. The second-order valence-electron chi connectivity index (χ2n) is 5.74. The summed E-state index contributed by atoms with van der Waals surface area (Å²) in [4.78, 5) is 12.7. The highest BCUT2D eigenvalue weighted by Crippen LogP contribution is 2.07. The number of aromatic nitrogens is 2. The summed E-state index contributed by atoms with van der Waals surface area (Å²) in [5.41, 5.74) is 1.21. The summed E-state index contributed by atoms with van der Waals surface area (Å²) in [6.07, 6.45) is 3.01. The Hall–Kier alpha value is -2.23. The Labute approximate surface area is 147 Å². The molecule has 2 rings (SSSR count). The lowest BCUT2D eigenvalue weighted by Gasteiger charge is -2.16. The van der Waals surface area contributed by atoms with E-state index in [4.69, 9.17) is 5.11 Å². The van der Waals surface area contributed by atoms with Crippen molar-refractivity contribution in [2.24, 2.45) is 0 Å². The maximum atomic E-state index is 12.1. The van der Waals surface area contributed by atoms with E-state index in [1.54, 1.807) is 0 Å². The summed E-state index contributed by atoms with van der Waals surface area (Å²) < 4.78 is 27.9. The third-order valence-electron chi connectivity index (χ3n) is 3.52. The van der Waals surface area contributed by atoms with E-state index in [1.807, 2.05) is 37.4 Å². The summed E-state index contributed by atoms with van der Waals surface area (Å²) in [6.45, 7) is 1.47. The van der Waals surface area contributed by atoms with E-state index in [0.29, 0.717) is 13.0 Å². The molecule has 0 amide bonds. The fourth-order valence-electron chi connectivity index (χ4n) is 2.32. The van der Waals surface area contributed by atoms with Crippen LogP contribution in [0.25, 0.3) is 0 Å². The zero-order valence-electron chi connectivity index (χ0n) is 14.0. The first-order valence-corrected chi connectivity index (χ1v) is 9.31. The lowest BCUT2D eigenvalue weighted by molar-refractivity contribution is -0.137. The highest BCUT2D eigenvalue weighted by Gasteiger charge is 2.16. The SMILES string of the molecule is CN(CCCNS(=O)(=O)c1cnn(CC(=O)O)c1)Cc1ccccc1. The summed E-state index contributed by atoms with van der Waals surface area (Å²) in [6, 6.07) is 10.0. The van der Waals surface area contributed by atoms with Crippen molar-refractivity contribution < 1.29 is 18.3 Å². The maximum absolute atomic E-state index is 12.1. The van der Waals surface area contributed by atoms with Gasteiger partial charge in [0.05, 0.1) is 6.20 Å². The van der Waals surface area contributed by atoms with E-state index in [-0.39, 0.29) is 11.4 Å². The second-order valence-corrected chi connectivity index (χ2v) is 7.51. The molecule has 0 aliphatic carbocycles. The number of benzene rings is 1. The van der Waals surface area contributed by atoms with Crippen LogP contribution in [0.1, 0.15) is 12.0 Å². The number of rotatable bonds is 10. The molecule has 2 N–H and O–H groups in total. The highest BCUT2D eigenvalue weighted by atomic mass is 32.2. The van der Waals surface area contributed by atoms with Crippen molar-refractivity contribution in [1.82, 2.24) is 19.4 Å². The van der Waals surface area contributed by atoms with Crippen molar-refractivity contribution in [2.75, 3.05) is 20.1 Å². The topological polar surface area (TPSA) is 105 Å². The molecular formula is C16H22N4O4S. The van der Waals surface area contributed by atoms with Gasteiger partial charge in [0.25, 0.3) is 0 Å². The van der Waals surface area contributed by atoms with Gasteiger partial charge in [-0.2, -0.15) is 5.10 Å². The highest BCUT2D eigenvalue weighted by molar-refractivity contribution is 7.89. The number of carboxylic acids is 1. The van der Waals surface area contributed by atoms with Crippen LogP contribution < -0.4 is 4.72 Å². The van der Waals surface area contributed by atoms with Crippen molar-refractivity contribution in [1.29, 1.82) is 0 Å². The van der Waals surface area contributed by atoms with Gasteiger partial charge in [-0.25, -0.2) is 13.1 Å². The number of sulfonamides is 1. The third-order valence-corrected chi connectivity index (χ3v) is 4.94. The smallest absolute Gasteiger partial charge is 0.325 e. The average molecular weight is 366 g/mol. The van der Waals surface area contributed by atoms with E-state index in [2.05, 4.69) is 14.7 Å². The number of hydrogen-bond donors (Lipinski definition) is 2. The van der Waals surface area contributed by atoms with E-state index >= 15 is 0 Å². The van der Waals surface area contributed by atoms with Crippen molar-refractivity contribution in [3.8, 4) is 0 Å². The molecule has 0 unspecified atom stereocenters. The summed E-state index contributed by atoms with van der Waals surface area (Å²) in [7, 11) is -1.69. The maximum Gasteiger partial charge on any atom is 0.325 e. The molecule has 0 saturated heterocycles. The second kappa shape index (κ2) is 8.75. The lowest BCUT2D eigenvalue weighted by Crippen LogP contribution is -2.28. The van der Waals surface area contributed by atoms with Crippen molar-refractivity contribution in [2.45, 2.75) is 24.4 Å². The van der Waals surface area contributed by atoms with Crippen LogP contribution in [0.3, 0.4) is 0 Å². The molecule has 1 aromatic carbocycles. The molecule has 0 radical (unpaired) electrons. The fraction of sp³-hybridized carbons (Fsp3) is 0.375. The van der Waals surface area contributed by atoms with Crippen LogP contribution in [0.15, 0.2) is 47.6 Å². The molecule has 9 heteroatoms. The lowest BCUT2D eigenvalue weighted by atomic mass is 10.2. The third kappa shape index (κ3) is 6.29. The summed E-state index contributed by atoms with van der Waals surface area (Å²) in [5.74, 6) is -1.08. The first-order valence-electron chi connectivity index (χ1n) is 7.83. The Morgan fingerprint density at radius 1 is 1.32 bits per heavy atom. The summed E-state index contributed by atoms with van der Waals surface area (Å²) >= 11 is 0. The normalized spacial score (nSPS) is 11.8. The Bertz CT molecular complexity index is 789. The van der Waals surface area contributed by atoms with Gasteiger partial charge in [-0.3, -0.25) is 9.48 Å². The van der Waals surface area contributed by atoms with Crippen LogP contribution in [0.2, 0.25) is 0 Å². The molecule has 8 nitrogen and oxygen atoms in total. The molecule has 1 aromatic heterocycles. The Morgan fingerprint density at radius 3 is 2.72 bits per heavy atom. The van der Waals surface area contributed by atoms with Gasteiger partial charge in [0.15, 0.2) is 0 Å². The van der Waals surface area contributed by atoms with E-state index in [9.17, 15) is 13.2 Å². The van der Waals surface area contributed by atoms with E-state index in [1.165, 1.54) is 11.8 Å². The minimum Gasteiger partial charge on any atom is -0.480 e. The van der Waals surface area contributed by atoms with Crippen LogP contribution in [-0.4, -0.2) is 54.3 Å². The number of aliphatic carboxylic acids is 1. The quantitative estimate of drug-likeness (QED) is 0.602. The molecule has 2 aromatic rings. The molecule has 136 valence electrons. The Balaban J connectivity index is 1.76. The van der Waals surface area contributed by atoms with Crippen LogP contribution in [-0.2, 0) is 27.9 Å².